The first kappa shape index (κ1) is 16.9. The second-order valence-corrected chi connectivity index (χ2v) is 7.51. The number of anilines is 1. The van der Waals surface area contributed by atoms with Crippen molar-refractivity contribution in [3.8, 4) is 11.1 Å². The largest absolute Gasteiger partial charge is 0.323 e. The maximum atomic E-state index is 4.16. The van der Waals surface area contributed by atoms with Crippen molar-refractivity contribution in [2.75, 3.05) is 5.32 Å². The van der Waals surface area contributed by atoms with Crippen molar-refractivity contribution < 1.29 is 0 Å². The first-order chi connectivity index (χ1) is 13.8. The maximum Gasteiger partial charge on any atom is 0.248 e. The number of benzene rings is 3. The van der Waals surface area contributed by atoms with E-state index in [1.165, 1.54) is 11.1 Å². The third-order valence-corrected chi connectivity index (χ3v) is 5.37. The molecular weight excluding hydrogens is 414 g/mol. The zero-order valence-electron chi connectivity index (χ0n) is 14.8. The third kappa shape index (κ3) is 3.12. The van der Waals surface area contributed by atoms with Crippen LogP contribution in [0.1, 0.15) is 17.2 Å². The quantitative estimate of drug-likeness (QED) is 0.488. The predicted octanol–water partition coefficient (Wildman–Crippen LogP) is 5.16. The maximum absolute atomic E-state index is 4.16. The standard InChI is InChI=1S/C22H16BrN5/c23-19-12-10-18(11-13-19)21-14-20(24-22-25-26-27-28(21)22)17-8-6-16(7-9-17)15-4-2-1-3-5-15/h1-14,21H,(H,24,25,27)/t21-/m1/s1. The van der Waals surface area contributed by atoms with Crippen molar-refractivity contribution in [1.82, 2.24) is 20.2 Å². The third-order valence-electron chi connectivity index (χ3n) is 4.84. The second-order valence-electron chi connectivity index (χ2n) is 6.59. The highest BCUT2D eigenvalue weighted by Crippen LogP contribution is 2.32. The molecule has 3 aromatic carbocycles. The van der Waals surface area contributed by atoms with Gasteiger partial charge in [0.25, 0.3) is 0 Å². The highest BCUT2D eigenvalue weighted by Gasteiger charge is 2.24. The van der Waals surface area contributed by atoms with Crippen molar-refractivity contribution in [2.24, 2.45) is 0 Å². The number of rotatable bonds is 3. The first-order valence-electron chi connectivity index (χ1n) is 8.96. The normalized spacial score (nSPS) is 15.5. The van der Waals surface area contributed by atoms with E-state index in [1.54, 1.807) is 4.68 Å². The Bertz CT molecular complexity index is 1130. The summed E-state index contributed by atoms with van der Waals surface area (Å²) in [6.07, 6.45) is 2.16. The molecule has 0 unspecified atom stereocenters. The number of aromatic nitrogens is 4. The van der Waals surface area contributed by atoms with Gasteiger partial charge in [-0.2, -0.15) is 4.68 Å². The molecule has 4 aromatic rings. The molecule has 0 saturated carbocycles. The minimum atomic E-state index is -0.0665. The van der Waals surface area contributed by atoms with Crippen molar-refractivity contribution in [3.05, 3.63) is 101 Å². The topological polar surface area (TPSA) is 55.6 Å². The molecule has 2 heterocycles. The molecule has 1 N–H and O–H groups in total. The molecule has 0 radical (unpaired) electrons. The summed E-state index contributed by atoms with van der Waals surface area (Å²) in [6.45, 7) is 0. The smallest absolute Gasteiger partial charge is 0.248 e. The van der Waals surface area contributed by atoms with Crippen LogP contribution in [0.3, 0.4) is 0 Å². The van der Waals surface area contributed by atoms with Gasteiger partial charge in [-0.3, -0.25) is 0 Å². The molecule has 5 rings (SSSR count). The number of hydrogen-bond acceptors (Lipinski definition) is 4. The summed E-state index contributed by atoms with van der Waals surface area (Å²) < 4.78 is 2.84. The fraction of sp³-hybridized carbons (Fsp3) is 0.0455. The molecular formula is C22H16BrN5. The molecule has 1 aliphatic heterocycles. The van der Waals surface area contributed by atoms with Gasteiger partial charge in [0.05, 0.1) is 0 Å². The van der Waals surface area contributed by atoms with Crippen LogP contribution in [0.2, 0.25) is 0 Å². The number of halogens is 1. The minimum absolute atomic E-state index is 0.0665. The summed E-state index contributed by atoms with van der Waals surface area (Å²) in [5, 5.41) is 15.5. The number of allylic oxidation sites excluding steroid dienone is 1. The van der Waals surface area contributed by atoms with Crippen LogP contribution in [0.5, 0.6) is 0 Å². The first-order valence-corrected chi connectivity index (χ1v) is 9.75. The number of tetrazole rings is 1. The minimum Gasteiger partial charge on any atom is -0.323 e. The van der Waals surface area contributed by atoms with Crippen molar-refractivity contribution >= 4 is 27.6 Å². The van der Waals surface area contributed by atoms with Crippen molar-refractivity contribution in [2.45, 2.75) is 6.04 Å². The Hall–Kier alpha value is -3.25. The van der Waals surface area contributed by atoms with Gasteiger partial charge in [-0.15, -0.1) is 0 Å². The average Bonchev–Trinajstić information content (AvgIpc) is 3.23. The van der Waals surface area contributed by atoms with Gasteiger partial charge in [0.1, 0.15) is 6.04 Å². The van der Waals surface area contributed by atoms with Gasteiger partial charge in [0, 0.05) is 10.2 Å². The molecule has 0 aliphatic carbocycles. The molecule has 28 heavy (non-hydrogen) atoms. The molecule has 0 bridgehead atoms. The molecule has 1 aliphatic rings. The summed E-state index contributed by atoms with van der Waals surface area (Å²) in [6, 6.07) is 27.1. The monoisotopic (exact) mass is 429 g/mol. The van der Waals surface area contributed by atoms with Crippen LogP contribution < -0.4 is 5.32 Å². The lowest BCUT2D eigenvalue weighted by Crippen LogP contribution is -2.20. The van der Waals surface area contributed by atoms with Crippen LogP contribution in [0.15, 0.2) is 89.4 Å². The lowest BCUT2D eigenvalue weighted by atomic mass is 9.99. The fourth-order valence-electron chi connectivity index (χ4n) is 3.39. The number of hydrogen-bond donors (Lipinski definition) is 1. The van der Waals surface area contributed by atoms with Crippen molar-refractivity contribution in [3.63, 3.8) is 0 Å². The summed E-state index contributed by atoms with van der Waals surface area (Å²) in [7, 11) is 0. The highest BCUT2D eigenvalue weighted by molar-refractivity contribution is 9.10. The van der Waals surface area contributed by atoms with Crippen LogP contribution in [-0.2, 0) is 0 Å². The van der Waals surface area contributed by atoms with Gasteiger partial charge in [-0.05, 0) is 50.9 Å². The van der Waals surface area contributed by atoms with Gasteiger partial charge in [0.2, 0.25) is 5.95 Å². The highest BCUT2D eigenvalue weighted by atomic mass is 79.9. The van der Waals surface area contributed by atoms with Crippen LogP contribution in [-0.4, -0.2) is 20.2 Å². The Kier molecular flexibility index (Phi) is 4.25. The average molecular weight is 430 g/mol. The van der Waals surface area contributed by atoms with Gasteiger partial charge in [-0.1, -0.05) is 87.8 Å². The van der Waals surface area contributed by atoms with E-state index in [0.717, 1.165) is 21.3 Å². The van der Waals surface area contributed by atoms with E-state index in [4.69, 9.17) is 0 Å². The van der Waals surface area contributed by atoms with Crippen LogP contribution in [0.25, 0.3) is 16.8 Å². The molecule has 5 nitrogen and oxygen atoms in total. The Morgan fingerprint density at radius 3 is 2.21 bits per heavy atom. The molecule has 136 valence electrons. The SMILES string of the molecule is Brc1ccc([C@H]2C=C(c3ccc(-c4ccccc4)cc3)Nc3nnnn32)cc1. The lowest BCUT2D eigenvalue weighted by molar-refractivity contribution is 0.586. The van der Waals surface area contributed by atoms with E-state index in [-0.39, 0.29) is 6.04 Å². The van der Waals surface area contributed by atoms with E-state index < -0.39 is 0 Å². The predicted molar refractivity (Wildman–Crippen MR) is 114 cm³/mol. The Morgan fingerprint density at radius 1 is 0.786 bits per heavy atom. The van der Waals surface area contributed by atoms with E-state index in [0.29, 0.717) is 5.95 Å². The molecule has 1 aromatic heterocycles. The summed E-state index contributed by atoms with van der Waals surface area (Å²) in [4.78, 5) is 0. The van der Waals surface area contributed by atoms with E-state index in [1.807, 2.05) is 18.2 Å². The number of nitrogens with zero attached hydrogens (tertiary/aromatic N) is 4. The number of fused-ring (bicyclic) bond motifs is 1. The van der Waals surface area contributed by atoms with Gasteiger partial charge < -0.3 is 5.32 Å². The zero-order valence-corrected chi connectivity index (χ0v) is 16.4. The Labute approximate surface area is 170 Å². The van der Waals surface area contributed by atoms with E-state index in [9.17, 15) is 0 Å². The zero-order chi connectivity index (χ0) is 18.9. The van der Waals surface area contributed by atoms with Crippen LogP contribution >= 0.6 is 15.9 Å². The van der Waals surface area contributed by atoms with E-state index in [2.05, 4.69) is 104 Å². The number of nitrogens with one attached hydrogen (secondary N) is 1. The van der Waals surface area contributed by atoms with Gasteiger partial charge in [-0.25, -0.2) is 0 Å². The second kappa shape index (κ2) is 7.05. The molecule has 0 spiro atoms. The summed E-state index contributed by atoms with van der Waals surface area (Å²) in [5.74, 6) is 0.637. The van der Waals surface area contributed by atoms with Crippen LogP contribution in [0.4, 0.5) is 5.95 Å². The molecule has 0 saturated heterocycles. The van der Waals surface area contributed by atoms with Gasteiger partial charge in [0.15, 0.2) is 0 Å². The molecule has 0 amide bonds. The van der Waals surface area contributed by atoms with E-state index >= 15 is 0 Å². The Morgan fingerprint density at radius 2 is 1.46 bits per heavy atom. The molecule has 1 atom stereocenters. The van der Waals surface area contributed by atoms with Crippen molar-refractivity contribution in [1.29, 1.82) is 0 Å². The summed E-state index contributed by atoms with van der Waals surface area (Å²) >= 11 is 3.49. The fourth-order valence-corrected chi connectivity index (χ4v) is 3.66. The summed E-state index contributed by atoms with van der Waals surface area (Å²) in [5.41, 5.74) is 5.61. The Balaban J connectivity index is 1.52. The molecule has 6 heteroatoms. The molecule has 0 fully saturated rings. The van der Waals surface area contributed by atoms with Gasteiger partial charge >= 0.3 is 0 Å². The van der Waals surface area contributed by atoms with Crippen LogP contribution in [0, 0.1) is 0 Å². The lowest BCUT2D eigenvalue weighted by Gasteiger charge is -2.23.